The molecule has 0 N–H and O–H groups in total. The van der Waals surface area contributed by atoms with E-state index in [4.69, 9.17) is 16.3 Å². The molecular formula is C15H15ClN4O. The number of halogens is 1. The van der Waals surface area contributed by atoms with Gasteiger partial charge in [-0.15, -0.1) is 10.2 Å². The van der Waals surface area contributed by atoms with Crippen molar-refractivity contribution in [2.24, 2.45) is 7.05 Å². The van der Waals surface area contributed by atoms with Gasteiger partial charge in [-0.25, -0.2) is 0 Å². The molecule has 2 aromatic heterocycles. The normalized spacial score (nSPS) is 15.1. The molecule has 0 aliphatic carbocycles. The fourth-order valence-electron chi connectivity index (χ4n) is 2.90. The largest absolute Gasteiger partial charge is 0.379 e. The Kier molecular flexibility index (Phi) is 2.97. The highest BCUT2D eigenvalue weighted by molar-refractivity contribution is 6.31. The molecule has 0 bridgehead atoms. The molecule has 0 saturated carbocycles. The van der Waals surface area contributed by atoms with Crippen LogP contribution in [0.3, 0.4) is 0 Å². The number of hydrogen-bond donors (Lipinski definition) is 0. The van der Waals surface area contributed by atoms with Crippen LogP contribution in [0.15, 0.2) is 24.3 Å². The maximum Gasteiger partial charge on any atom is 0.180 e. The first-order chi connectivity index (χ1) is 10.2. The summed E-state index contributed by atoms with van der Waals surface area (Å²) in [6.07, 6.45) is 0.808. The van der Waals surface area contributed by atoms with E-state index in [1.54, 1.807) is 0 Å². The smallest absolute Gasteiger partial charge is 0.180 e. The second kappa shape index (κ2) is 4.86. The van der Waals surface area contributed by atoms with Crippen LogP contribution in [-0.2, 0) is 24.8 Å². The maximum absolute atomic E-state index is 6.08. The molecule has 0 atom stereocenters. The van der Waals surface area contributed by atoms with Gasteiger partial charge in [0, 0.05) is 35.9 Å². The summed E-state index contributed by atoms with van der Waals surface area (Å²) in [5.74, 6) is 1.89. The number of rotatable bonds is 1. The third-order valence-electron chi connectivity index (χ3n) is 3.99. The average molecular weight is 303 g/mol. The first-order valence-electron chi connectivity index (χ1n) is 6.99. The van der Waals surface area contributed by atoms with Gasteiger partial charge in [-0.3, -0.25) is 0 Å². The van der Waals surface area contributed by atoms with Gasteiger partial charge in [-0.05, 0) is 24.3 Å². The van der Waals surface area contributed by atoms with E-state index in [9.17, 15) is 0 Å². The molecule has 21 heavy (non-hydrogen) atoms. The van der Waals surface area contributed by atoms with Crippen LogP contribution in [0.4, 0.5) is 0 Å². The highest BCUT2D eigenvalue weighted by atomic mass is 35.5. The Morgan fingerprint density at radius 3 is 3.00 bits per heavy atom. The van der Waals surface area contributed by atoms with Gasteiger partial charge in [-0.2, -0.15) is 0 Å². The number of benzene rings is 1. The molecule has 108 valence electrons. The third-order valence-corrected chi connectivity index (χ3v) is 4.23. The minimum absolute atomic E-state index is 0.702. The van der Waals surface area contributed by atoms with Crippen molar-refractivity contribution < 1.29 is 4.74 Å². The van der Waals surface area contributed by atoms with Crippen LogP contribution in [0.1, 0.15) is 5.82 Å². The summed E-state index contributed by atoms with van der Waals surface area (Å²) in [5, 5.41) is 10.6. The van der Waals surface area contributed by atoms with Crippen LogP contribution in [0.25, 0.3) is 22.4 Å². The number of nitrogens with zero attached hydrogens (tertiary/aromatic N) is 4. The van der Waals surface area contributed by atoms with Crippen LogP contribution >= 0.6 is 11.6 Å². The Balaban J connectivity index is 1.91. The summed E-state index contributed by atoms with van der Waals surface area (Å²) >= 11 is 6.08. The van der Waals surface area contributed by atoms with Crippen molar-refractivity contribution in [2.75, 3.05) is 13.2 Å². The fourth-order valence-corrected chi connectivity index (χ4v) is 3.08. The van der Waals surface area contributed by atoms with Crippen molar-refractivity contribution in [1.29, 1.82) is 0 Å². The lowest BCUT2D eigenvalue weighted by molar-refractivity contribution is 0.140. The van der Waals surface area contributed by atoms with E-state index in [1.807, 2.05) is 25.2 Å². The van der Waals surface area contributed by atoms with Gasteiger partial charge in [0.15, 0.2) is 5.82 Å². The summed E-state index contributed by atoms with van der Waals surface area (Å²) in [5.41, 5.74) is 2.18. The lowest BCUT2D eigenvalue weighted by atomic mass is 10.2. The second-order valence-corrected chi connectivity index (χ2v) is 5.68. The Morgan fingerprint density at radius 2 is 2.10 bits per heavy atom. The van der Waals surface area contributed by atoms with E-state index >= 15 is 0 Å². The highest BCUT2D eigenvalue weighted by Crippen LogP contribution is 2.28. The molecule has 0 radical (unpaired) electrons. The summed E-state index contributed by atoms with van der Waals surface area (Å²) in [6, 6.07) is 8.03. The van der Waals surface area contributed by atoms with Crippen molar-refractivity contribution in [2.45, 2.75) is 13.0 Å². The predicted octanol–water partition coefficient (Wildman–Crippen LogP) is 2.66. The van der Waals surface area contributed by atoms with Crippen molar-refractivity contribution in [3.05, 3.63) is 35.1 Å². The van der Waals surface area contributed by atoms with Crippen molar-refractivity contribution >= 4 is 22.5 Å². The zero-order chi connectivity index (χ0) is 14.4. The first-order valence-corrected chi connectivity index (χ1v) is 7.37. The summed E-state index contributed by atoms with van der Waals surface area (Å²) in [6.45, 7) is 2.20. The molecule has 6 heteroatoms. The molecule has 0 fully saturated rings. The first kappa shape index (κ1) is 12.9. The topological polar surface area (TPSA) is 44.9 Å². The predicted molar refractivity (Wildman–Crippen MR) is 81.5 cm³/mol. The van der Waals surface area contributed by atoms with Gasteiger partial charge >= 0.3 is 0 Å². The van der Waals surface area contributed by atoms with Crippen LogP contribution in [0.2, 0.25) is 5.02 Å². The van der Waals surface area contributed by atoms with E-state index in [-0.39, 0.29) is 0 Å². The lowest BCUT2D eigenvalue weighted by Crippen LogP contribution is -2.07. The maximum atomic E-state index is 6.08. The molecule has 0 saturated heterocycles. The molecule has 0 unspecified atom stereocenters. The Hall–Kier alpha value is -1.85. The molecular weight excluding hydrogens is 288 g/mol. The molecule has 5 nitrogen and oxygen atoms in total. The minimum Gasteiger partial charge on any atom is -0.379 e. The average Bonchev–Trinajstić information content (AvgIpc) is 2.91. The SMILES string of the molecule is Cn1c(-c2nnc3n2CCOCC3)cc2cc(Cl)ccc21. The number of ether oxygens (including phenoxy) is 1. The van der Waals surface area contributed by atoms with Crippen molar-refractivity contribution in [3.8, 4) is 11.5 Å². The molecule has 3 heterocycles. The quantitative estimate of drug-likeness (QED) is 0.694. The molecule has 0 spiro atoms. The molecule has 1 aromatic carbocycles. The highest BCUT2D eigenvalue weighted by Gasteiger charge is 2.19. The van der Waals surface area contributed by atoms with Crippen LogP contribution in [0.5, 0.6) is 0 Å². The third kappa shape index (κ3) is 2.04. The Bertz CT molecular complexity index is 821. The summed E-state index contributed by atoms with van der Waals surface area (Å²) in [7, 11) is 2.04. The number of hydrogen-bond acceptors (Lipinski definition) is 3. The summed E-state index contributed by atoms with van der Waals surface area (Å²) < 4.78 is 9.81. The van der Waals surface area contributed by atoms with Crippen molar-refractivity contribution in [1.82, 2.24) is 19.3 Å². The monoisotopic (exact) mass is 302 g/mol. The zero-order valence-corrected chi connectivity index (χ0v) is 12.5. The van der Waals surface area contributed by atoms with Gasteiger partial charge in [0.2, 0.25) is 0 Å². The molecule has 1 aliphatic heterocycles. The molecule has 3 aromatic rings. The van der Waals surface area contributed by atoms with E-state index in [1.165, 1.54) is 0 Å². The number of fused-ring (bicyclic) bond motifs is 2. The Labute approximate surface area is 127 Å². The van der Waals surface area contributed by atoms with Crippen LogP contribution < -0.4 is 0 Å². The second-order valence-electron chi connectivity index (χ2n) is 5.25. The van der Waals surface area contributed by atoms with Crippen LogP contribution in [-0.4, -0.2) is 32.5 Å². The van der Waals surface area contributed by atoms with E-state index in [0.29, 0.717) is 13.2 Å². The van der Waals surface area contributed by atoms with Crippen molar-refractivity contribution in [3.63, 3.8) is 0 Å². The zero-order valence-electron chi connectivity index (χ0n) is 11.7. The molecule has 0 amide bonds. The van der Waals surface area contributed by atoms with Gasteiger partial charge in [-0.1, -0.05) is 11.6 Å². The van der Waals surface area contributed by atoms with E-state index in [2.05, 4.69) is 25.4 Å². The minimum atomic E-state index is 0.702. The number of aromatic nitrogens is 4. The standard InChI is InChI=1S/C15H15ClN4O/c1-19-12-3-2-11(16)8-10(12)9-13(19)15-18-17-14-4-6-21-7-5-20(14)15/h2-3,8-9H,4-7H2,1H3. The number of aryl methyl sites for hydroxylation is 1. The molecule has 1 aliphatic rings. The van der Waals surface area contributed by atoms with Crippen LogP contribution in [0, 0.1) is 0 Å². The molecule has 4 rings (SSSR count). The van der Waals surface area contributed by atoms with Gasteiger partial charge in [0.25, 0.3) is 0 Å². The van der Waals surface area contributed by atoms with Gasteiger partial charge in [0.05, 0.1) is 18.9 Å². The van der Waals surface area contributed by atoms with E-state index in [0.717, 1.165) is 46.2 Å². The lowest BCUT2D eigenvalue weighted by Gasteiger charge is -2.07. The van der Waals surface area contributed by atoms with Gasteiger partial charge < -0.3 is 13.9 Å². The fraction of sp³-hybridized carbons (Fsp3) is 0.333. The van der Waals surface area contributed by atoms with Gasteiger partial charge in [0.1, 0.15) is 5.82 Å². The summed E-state index contributed by atoms with van der Waals surface area (Å²) in [4.78, 5) is 0. The van der Waals surface area contributed by atoms with E-state index < -0.39 is 0 Å². The Morgan fingerprint density at radius 1 is 1.19 bits per heavy atom.